The predicted octanol–water partition coefficient (Wildman–Crippen LogP) is 3.65. The number of hydrogen-bond acceptors (Lipinski definition) is 5. The van der Waals surface area contributed by atoms with Gasteiger partial charge in [-0.05, 0) is 49.2 Å². The molecule has 4 aromatic rings. The van der Waals surface area contributed by atoms with E-state index in [0.717, 1.165) is 22.4 Å². The van der Waals surface area contributed by atoms with Gasteiger partial charge in [0.25, 0.3) is 5.91 Å². The third-order valence-corrected chi connectivity index (χ3v) is 4.44. The lowest BCUT2D eigenvalue weighted by atomic mass is 10.0. The van der Waals surface area contributed by atoms with Crippen LogP contribution in [0.5, 0.6) is 0 Å². The molecule has 4 rings (SSSR count). The highest BCUT2D eigenvalue weighted by Crippen LogP contribution is 2.24. The number of anilines is 1. The summed E-state index contributed by atoms with van der Waals surface area (Å²) in [4.78, 5) is 16.8. The van der Waals surface area contributed by atoms with Crippen LogP contribution in [0.2, 0.25) is 0 Å². The summed E-state index contributed by atoms with van der Waals surface area (Å²) in [5, 5.41) is 18.1. The van der Waals surface area contributed by atoms with E-state index in [0.29, 0.717) is 22.8 Å². The van der Waals surface area contributed by atoms with Crippen LogP contribution in [0.25, 0.3) is 22.5 Å². The minimum atomic E-state index is -0.247. The average Bonchev–Trinajstić information content (AvgIpc) is 3.39. The smallest absolute Gasteiger partial charge is 0.256 e. The van der Waals surface area contributed by atoms with E-state index in [2.05, 4.69) is 37.4 Å². The van der Waals surface area contributed by atoms with Gasteiger partial charge in [-0.3, -0.25) is 14.9 Å². The van der Waals surface area contributed by atoms with E-state index >= 15 is 0 Å². The van der Waals surface area contributed by atoms with Crippen LogP contribution in [-0.2, 0) is 0 Å². The lowest BCUT2D eigenvalue weighted by Gasteiger charge is -2.07. The van der Waals surface area contributed by atoms with E-state index in [1.54, 1.807) is 35.3 Å². The molecular formula is C21H19N7O. The van der Waals surface area contributed by atoms with Gasteiger partial charge < -0.3 is 5.32 Å². The van der Waals surface area contributed by atoms with E-state index in [1.807, 2.05) is 38.2 Å². The molecule has 0 aliphatic heterocycles. The number of benzene rings is 1. The molecule has 8 heteroatoms. The first-order chi connectivity index (χ1) is 14.0. The van der Waals surface area contributed by atoms with E-state index in [4.69, 9.17) is 0 Å². The Hall–Kier alpha value is -4.07. The number of H-pyrrole nitrogens is 1. The molecule has 0 radical (unpaired) electrons. The molecule has 8 nitrogen and oxygen atoms in total. The maximum absolute atomic E-state index is 12.7. The second-order valence-corrected chi connectivity index (χ2v) is 6.69. The average molecular weight is 385 g/mol. The standard InChI is InChI=1S/C21H19N7O/c1-13(2)18-10-20(26-24-18)23-21(29)15-7-6-14(3)17(9-15)19-12-28(27-25-19)16-5-4-8-22-11-16/h4-12H,1H2,2-3H3,(H2,23,24,26,29). The second kappa shape index (κ2) is 7.51. The maximum atomic E-state index is 12.7. The fourth-order valence-corrected chi connectivity index (χ4v) is 2.84. The van der Waals surface area contributed by atoms with E-state index in [9.17, 15) is 4.79 Å². The second-order valence-electron chi connectivity index (χ2n) is 6.69. The molecule has 0 bridgehead atoms. The molecule has 0 fully saturated rings. The van der Waals surface area contributed by atoms with Gasteiger partial charge in [-0.15, -0.1) is 5.10 Å². The van der Waals surface area contributed by atoms with Crippen molar-refractivity contribution in [1.29, 1.82) is 0 Å². The number of aromatic nitrogens is 6. The summed E-state index contributed by atoms with van der Waals surface area (Å²) in [6, 6.07) is 10.9. The van der Waals surface area contributed by atoms with E-state index < -0.39 is 0 Å². The third kappa shape index (κ3) is 3.81. The summed E-state index contributed by atoms with van der Waals surface area (Å²) in [6.07, 6.45) is 5.22. The first kappa shape index (κ1) is 18.3. The Morgan fingerprint density at radius 2 is 2.10 bits per heavy atom. The number of carbonyl (C=O) groups is 1. The van der Waals surface area contributed by atoms with Gasteiger partial charge in [0.15, 0.2) is 0 Å². The van der Waals surface area contributed by atoms with Gasteiger partial charge >= 0.3 is 0 Å². The summed E-state index contributed by atoms with van der Waals surface area (Å²) in [5.41, 5.74) is 5.34. The zero-order valence-electron chi connectivity index (χ0n) is 16.0. The van der Waals surface area contributed by atoms with Crippen molar-refractivity contribution in [3.05, 3.63) is 78.4 Å². The monoisotopic (exact) mass is 385 g/mol. The van der Waals surface area contributed by atoms with Crippen LogP contribution in [-0.4, -0.2) is 36.1 Å². The Balaban J connectivity index is 1.60. The Bertz CT molecular complexity index is 1190. The number of aromatic amines is 1. The molecule has 3 heterocycles. The molecule has 0 saturated carbocycles. The van der Waals surface area contributed by atoms with Crippen LogP contribution in [0.1, 0.15) is 28.5 Å². The predicted molar refractivity (Wildman–Crippen MR) is 111 cm³/mol. The van der Waals surface area contributed by atoms with Crippen molar-refractivity contribution in [1.82, 2.24) is 30.2 Å². The quantitative estimate of drug-likeness (QED) is 0.546. The Morgan fingerprint density at radius 3 is 2.83 bits per heavy atom. The van der Waals surface area contributed by atoms with E-state index in [1.165, 1.54) is 0 Å². The topological polar surface area (TPSA) is 101 Å². The Morgan fingerprint density at radius 1 is 1.24 bits per heavy atom. The molecule has 1 amide bonds. The fraction of sp³-hybridized carbons (Fsp3) is 0.0952. The molecule has 0 aliphatic rings. The van der Waals surface area contributed by atoms with Gasteiger partial charge in [-0.1, -0.05) is 17.9 Å². The van der Waals surface area contributed by atoms with Crippen molar-refractivity contribution in [2.45, 2.75) is 13.8 Å². The van der Waals surface area contributed by atoms with Crippen molar-refractivity contribution in [2.24, 2.45) is 0 Å². The van der Waals surface area contributed by atoms with Crippen molar-refractivity contribution in [3.8, 4) is 16.9 Å². The van der Waals surface area contributed by atoms with Gasteiger partial charge in [0, 0.05) is 23.4 Å². The number of pyridine rings is 1. The Kier molecular flexibility index (Phi) is 4.74. The minimum Gasteiger partial charge on any atom is -0.307 e. The maximum Gasteiger partial charge on any atom is 0.256 e. The SMILES string of the molecule is C=C(C)c1cc(NC(=O)c2ccc(C)c(-c3cn(-c4cccnc4)nn3)c2)[nH]n1. The normalized spacial score (nSPS) is 10.7. The first-order valence-electron chi connectivity index (χ1n) is 8.97. The molecule has 29 heavy (non-hydrogen) atoms. The lowest BCUT2D eigenvalue weighted by molar-refractivity contribution is 0.102. The zero-order chi connectivity index (χ0) is 20.4. The van der Waals surface area contributed by atoms with Crippen molar-refractivity contribution in [3.63, 3.8) is 0 Å². The zero-order valence-corrected chi connectivity index (χ0v) is 16.0. The molecule has 0 saturated heterocycles. The van der Waals surface area contributed by atoms with Crippen LogP contribution in [0.15, 0.2) is 61.6 Å². The van der Waals surface area contributed by atoms with Crippen LogP contribution < -0.4 is 5.32 Å². The van der Waals surface area contributed by atoms with Gasteiger partial charge in [0.1, 0.15) is 11.5 Å². The fourth-order valence-electron chi connectivity index (χ4n) is 2.84. The van der Waals surface area contributed by atoms with E-state index in [-0.39, 0.29) is 5.91 Å². The highest BCUT2D eigenvalue weighted by molar-refractivity contribution is 6.04. The largest absolute Gasteiger partial charge is 0.307 e. The number of carbonyl (C=O) groups excluding carboxylic acids is 1. The molecule has 144 valence electrons. The molecule has 0 unspecified atom stereocenters. The van der Waals surface area contributed by atoms with Crippen molar-refractivity contribution >= 4 is 17.3 Å². The van der Waals surface area contributed by atoms with Crippen LogP contribution in [0.4, 0.5) is 5.82 Å². The lowest BCUT2D eigenvalue weighted by Crippen LogP contribution is -2.12. The van der Waals surface area contributed by atoms with Crippen LogP contribution in [0, 0.1) is 6.92 Å². The van der Waals surface area contributed by atoms with Gasteiger partial charge in [0.2, 0.25) is 0 Å². The molecule has 0 atom stereocenters. The van der Waals surface area contributed by atoms with Crippen molar-refractivity contribution < 1.29 is 4.79 Å². The summed E-state index contributed by atoms with van der Waals surface area (Å²) in [7, 11) is 0. The highest BCUT2D eigenvalue weighted by atomic mass is 16.1. The molecule has 3 aromatic heterocycles. The number of nitrogens with one attached hydrogen (secondary N) is 2. The number of amides is 1. The summed E-state index contributed by atoms with van der Waals surface area (Å²) in [5.74, 6) is 0.264. The number of allylic oxidation sites excluding steroid dienone is 1. The number of rotatable bonds is 5. The summed E-state index contributed by atoms with van der Waals surface area (Å²) in [6.45, 7) is 7.66. The molecule has 2 N–H and O–H groups in total. The third-order valence-electron chi connectivity index (χ3n) is 4.44. The molecule has 0 aliphatic carbocycles. The highest BCUT2D eigenvalue weighted by Gasteiger charge is 2.14. The number of nitrogens with zero attached hydrogens (tertiary/aromatic N) is 5. The summed E-state index contributed by atoms with van der Waals surface area (Å²) >= 11 is 0. The van der Waals surface area contributed by atoms with Crippen molar-refractivity contribution in [2.75, 3.05) is 5.32 Å². The molecule has 1 aromatic carbocycles. The summed E-state index contributed by atoms with van der Waals surface area (Å²) < 4.78 is 1.65. The first-order valence-corrected chi connectivity index (χ1v) is 8.97. The van der Waals surface area contributed by atoms with Gasteiger partial charge in [0.05, 0.1) is 23.8 Å². The molecular weight excluding hydrogens is 366 g/mol. The van der Waals surface area contributed by atoms with Gasteiger partial charge in [-0.2, -0.15) is 5.10 Å². The number of aryl methyl sites for hydroxylation is 1. The van der Waals surface area contributed by atoms with Crippen LogP contribution in [0.3, 0.4) is 0 Å². The Labute approximate surface area is 167 Å². The number of hydrogen-bond donors (Lipinski definition) is 2. The van der Waals surface area contributed by atoms with Gasteiger partial charge in [-0.25, -0.2) is 4.68 Å². The minimum absolute atomic E-state index is 0.247. The van der Waals surface area contributed by atoms with Crippen LogP contribution >= 0.6 is 0 Å². The molecule has 0 spiro atoms.